The minimum absolute atomic E-state index is 0.0200. The normalized spacial score (nSPS) is 26.9. The summed E-state index contributed by atoms with van der Waals surface area (Å²) < 4.78 is 16.6. The number of carbonyl (C=O) groups excluding carboxylic acids is 1. The summed E-state index contributed by atoms with van der Waals surface area (Å²) in [5.41, 5.74) is 0.575. The first-order valence-corrected chi connectivity index (χ1v) is 9.74. The van der Waals surface area contributed by atoms with Gasteiger partial charge in [-0.25, -0.2) is 4.79 Å². The van der Waals surface area contributed by atoms with Crippen LogP contribution >= 0.6 is 0 Å². The van der Waals surface area contributed by atoms with Crippen LogP contribution in [0.3, 0.4) is 0 Å². The molecule has 1 aliphatic carbocycles. The standard InChI is InChI=1S/C21H31NO5/c1-14(23)21(2)13-22(20(24)26-4)12-17(21)15-9-10-18(25-3)19(11-15)27-16-7-5-6-8-16/h9-11,14,16-17,23H,5-8,12-13H2,1-4H3. The number of aliphatic hydroxyl groups is 1. The minimum atomic E-state index is -0.571. The molecule has 6 nitrogen and oxygen atoms in total. The largest absolute Gasteiger partial charge is 0.493 e. The lowest BCUT2D eigenvalue weighted by atomic mass is 9.72. The van der Waals surface area contributed by atoms with Crippen LogP contribution in [0.15, 0.2) is 18.2 Å². The lowest BCUT2D eigenvalue weighted by molar-refractivity contribution is 0.0470. The van der Waals surface area contributed by atoms with E-state index in [4.69, 9.17) is 14.2 Å². The van der Waals surface area contributed by atoms with E-state index < -0.39 is 11.5 Å². The van der Waals surface area contributed by atoms with E-state index in [-0.39, 0.29) is 18.1 Å². The van der Waals surface area contributed by atoms with Crippen molar-refractivity contribution in [3.05, 3.63) is 23.8 Å². The van der Waals surface area contributed by atoms with Gasteiger partial charge in [0, 0.05) is 24.4 Å². The maximum Gasteiger partial charge on any atom is 0.409 e. The van der Waals surface area contributed by atoms with Gasteiger partial charge in [0.05, 0.1) is 26.4 Å². The summed E-state index contributed by atoms with van der Waals surface area (Å²) in [6.45, 7) is 4.76. The SMILES string of the molecule is COC(=O)N1CC(c2ccc(OC)c(OC3CCCC3)c2)C(C)(C(C)O)C1. The molecule has 0 bridgehead atoms. The van der Waals surface area contributed by atoms with Gasteiger partial charge in [-0.3, -0.25) is 0 Å². The fourth-order valence-corrected chi connectivity index (χ4v) is 4.38. The fourth-order valence-electron chi connectivity index (χ4n) is 4.38. The van der Waals surface area contributed by atoms with Gasteiger partial charge in [-0.05, 0) is 50.3 Å². The number of methoxy groups -OCH3 is 2. The molecule has 3 rings (SSSR count). The zero-order chi connectivity index (χ0) is 19.6. The van der Waals surface area contributed by atoms with Gasteiger partial charge in [0.25, 0.3) is 0 Å². The van der Waals surface area contributed by atoms with E-state index in [9.17, 15) is 9.90 Å². The lowest BCUT2D eigenvalue weighted by Crippen LogP contribution is -2.38. The van der Waals surface area contributed by atoms with Crippen LogP contribution in [0.2, 0.25) is 0 Å². The van der Waals surface area contributed by atoms with Crippen LogP contribution in [0.25, 0.3) is 0 Å². The van der Waals surface area contributed by atoms with Crippen molar-refractivity contribution in [2.75, 3.05) is 27.3 Å². The lowest BCUT2D eigenvalue weighted by Gasteiger charge is -2.33. The second-order valence-electron chi connectivity index (χ2n) is 8.02. The molecule has 6 heteroatoms. The summed E-state index contributed by atoms with van der Waals surface area (Å²) in [6, 6.07) is 5.94. The third-order valence-corrected chi connectivity index (χ3v) is 6.30. The second-order valence-corrected chi connectivity index (χ2v) is 8.02. The Balaban J connectivity index is 1.91. The summed E-state index contributed by atoms with van der Waals surface area (Å²) in [4.78, 5) is 13.7. The molecule has 1 aliphatic heterocycles. The number of benzene rings is 1. The molecule has 1 saturated carbocycles. The average molecular weight is 377 g/mol. The number of hydrogen-bond donors (Lipinski definition) is 1. The molecule has 1 aromatic rings. The Kier molecular flexibility index (Phi) is 5.84. The van der Waals surface area contributed by atoms with E-state index in [2.05, 4.69) is 0 Å². The first-order valence-electron chi connectivity index (χ1n) is 9.74. The Hall–Kier alpha value is -1.95. The highest BCUT2D eigenvalue weighted by molar-refractivity contribution is 5.68. The third kappa shape index (κ3) is 3.86. The minimum Gasteiger partial charge on any atom is -0.493 e. The van der Waals surface area contributed by atoms with Crippen molar-refractivity contribution >= 4 is 6.09 Å². The first kappa shape index (κ1) is 19.8. The Labute approximate surface area is 161 Å². The number of amides is 1. The molecular weight excluding hydrogens is 346 g/mol. The fraction of sp³-hybridized carbons (Fsp3) is 0.667. The molecule has 0 spiro atoms. The Morgan fingerprint density at radius 3 is 2.56 bits per heavy atom. The number of likely N-dealkylation sites (tertiary alicyclic amines) is 1. The number of ether oxygens (including phenoxy) is 3. The molecule has 27 heavy (non-hydrogen) atoms. The summed E-state index contributed by atoms with van der Waals surface area (Å²) in [5, 5.41) is 10.5. The zero-order valence-electron chi connectivity index (χ0n) is 16.7. The molecule has 0 aromatic heterocycles. The summed E-state index contributed by atoms with van der Waals surface area (Å²) in [5.74, 6) is 1.44. The average Bonchev–Trinajstić information content (AvgIpc) is 3.29. The molecule has 0 radical (unpaired) electrons. The highest BCUT2D eigenvalue weighted by Crippen LogP contribution is 2.47. The molecular formula is C21H31NO5. The van der Waals surface area contributed by atoms with Crippen molar-refractivity contribution in [1.29, 1.82) is 0 Å². The van der Waals surface area contributed by atoms with Gasteiger partial charge < -0.3 is 24.2 Å². The van der Waals surface area contributed by atoms with Crippen LogP contribution < -0.4 is 9.47 Å². The molecule has 2 aliphatic rings. The van der Waals surface area contributed by atoms with E-state index in [1.54, 1.807) is 18.9 Å². The van der Waals surface area contributed by atoms with Crippen LogP contribution in [0.5, 0.6) is 11.5 Å². The predicted molar refractivity (Wildman–Crippen MR) is 102 cm³/mol. The summed E-state index contributed by atoms with van der Waals surface area (Å²) >= 11 is 0. The monoisotopic (exact) mass is 377 g/mol. The highest BCUT2D eigenvalue weighted by atomic mass is 16.5. The van der Waals surface area contributed by atoms with Crippen LogP contribution in [0.4, 0.5) is 4.79 Å². The van der Waals surface area contributed by atoms with Crippen molar-refractivity contribution in [2.45, 2.75) is 57.7 Å². The predicted octanol–water partition coefficient (Wildman–Crippen LogP) is 3.57. The van der Waals surface area contributed by atoms with Crippen LogP contribution in [-0.4, -0.2) is 55.6 Å². The van der Waals surface area contributed by atoms with E-state index in [1.165, 1.54) is 20.0 Å². The van der Waals surface area contributed by atoms with Crippen molar-refractivity contribution in [3.63, 3.8) is 0 Å². The Bertz CT molecular complexity index is 671. The molecule has 2 fully saturated rings. The summed E-state index contributed by atoms with van der Waals surface area (Å²) in [6.07, 6.45) is 3.83. The molecule has 1 N–H and O–H groups in total. The first-order chi connectivity index (χ1) is 12.9. The van der Waals surface area contributed by atoms with Gasteiger partial charge >= 0.3 is 6.09 Å². The van der Waals surface area contributed by atoms with Gasteiger partial charge in [-0.15, -0.1) is 0 Å². The third-order valence-electron chi connectivity index (χ3n) is 6.30. The zero-order valence-corrected chi connectivity index (χ0v) is 16.7. The number of aliphatic hydroxyl groups excluding tert-OH is 1. The molecule has 3 atom stereocenters. The van der Waals surface area contributed by atoms with Crippen LogP contribution in [-0.2, 0) is 4.74 Å². The topological polar surface area (TPSA) is 68.2 Å². The molecule has 1 saturated heterocycles. The number of nitrogens with zero attached hydrogens (tertiary/aromatic N) is 1. The number of hydrogen-bond acceptors (Lipinski definition) is 5. The van der Waals surface area contributed by atoms with Crippen molar-refractivity contribution in [3.8, 4) is 11.5 Å². The summed E-state index contributed by atoms with van der Waals surface area (Å²) in [7, 11) is 3.03. The maximum absolute atomic E-state index is 12.1. The van der Waals surface area contributed by atoms with Gasteiger partial charge in [-0.1, -0.05) is 13.0 Å². The quantitative estimate of drug-likeness (QED) is 0.850. The Morgan fingerprint density at radius 2 is 1.96 bits per heavy atom. The van der Waals surface area contributed by atoms with Crippen LogP contribution in [0, 0.1) is 5.41 Å². The van der Waals surface area contributed by atoms with Crippen LogP contribution in [0.1, 0.15) is 51.0 Å². The number of carbonyl (C=O) groups is 1. The van der Waals surface area contributed by atoms with Gasteiger partial charge in [0.15, 0.2) is 11.5 Å². The molecule has 1 aromatic carbocycles. The van der Waals surface area contributed by atoms with Crippen molar-refractivity contribution < 1.29 is 24.1 Å². The Morgan fingerprint density at radius 1 is 1.26 bits per heavy atom. The maximum atomic E-state index is 12.1. The van der Waals surface area contributed by atoms with E-state index >= 15 is 0 Å². The van der Waals surface area contributed by atoms with Gasteiger partial charge in [-0.2, -0.15) is 0 Å². The van der Waals surface area contributed by atoms with Crippen molar-refractivity contribution in [1.82, 2.24) is 4.90 Å². The second kappa shape index (κ2) is 7.97. The van der Waals surface area contributed by atoms with E-state index in [1.807, 2.05) is 25.1 Å². The van der Waals surface area contributed by atoms with Gasteiger partial charge in [0.1, 0.15) is 0 Å². The smallest absolute Gasteiger partial charge is 0.409 e. The number of rotatable bonds is 5. The van der Waals surface area contributed by atoms with Crippen molar-refractivity contribution in [2.24, 2.45) is 5.41 Å². The molecule has 1 amide bonds. The molecule has 1 heterocycles. The molecule has 3 unspecified atom stereocenters. The van der Waals surface area contributed by atoms with Gasteiger partial charge in [0.2, 0.25) is 0 Å². The van der Waals surface area contributed by atoms with E-state index in [0.717, 1.165) is 24.2 Å². The molecule has 150 valence electrons. The highest BCUT2D eigenvalue weighted by Gasteiger charge is 2.48. The van der Waals surface area contributed by atoms with E-state index in [0.29, 0.717) is 18.8 Å².